The molecule has 0 spiro atoms. The van der Waals surface area contributed by atoms with Gasteiger partial charge >= 0.3 is 0 Å². The van der Waals surface area contributed by atoms with E-state index in [2.05, 4.69) is 20.4 Å². The molecule has 0 saturated heterocycles. The fraction of sp³-hybridized carbons (Fsp3) is 0.100. The van der Waals surface area contributed by atoms with Crippen molar-refractivity contribution >= 4 is 17.5 Å². The Morgan fingerprint density at radius 3 is 2.74 bits per heavy atom. The number of ether oxygens (including phenoxy) is 1. The fourth-order valence-electron chi connectivity index (χ4n) is 2.70. The predicted octanol–water partition coefficient (Wildman–Crippen LogP) is 3.77. The van der Waals surface area contributed by atoms with Gasteiger partial charge < -0.3 is 13.7 Å². The van der Waals surface area contributed by atoms with Crippen LogP contribution in [-0.2, 0) is 6.61 Å². The molecule has 3 aromatic heterocycles. The number of anilines is 1. The van der Waals surface area contributed by atoms with Gasteiger partial charge in [-0.1, -0.05) is 5.16 Å². The number of aromatic nitrogens is 3. The van der Waals surface area contributed by atoms with E-state index in [1.54, 1.807) is 25.1 Å². The fourth-order valence-corrected chi connectivity index (χ4v) is 2.70. The van der Waals surface area contributed by atoms with Crippen molar-refractivity contribution in [2.24, 2.45) is 0 Å². The third kappa shape index (κ3) is 4.40. The number of amides is 1. The van der Waals surface area contributed by atoms with Crippen LogP contribution in [0.3, 0.4) is 0 Å². The van der Waals surface area contributed by atoms with Crippen LogP contribution in [0.25, 0.3) is 11.5 Å². The summed E-state index contributed by atoms with van der Waals surface area (Å²) >= 11 is 0. The average molecular weight is 421 g/mol. The number of nitro benzene ring substituents is 1. The Bertz CT molecular complexity index is 1220. The SMILES string of the molecule is Cc1onc(C(=O)Nc2nccc(-c3ccco3)n2)c1COc1ccc([N+](=O)[O-])cc1. The van der Waals surface area contributed by atoms with E-state index in [0.29, 0.717) is 28.5 Å². The second kappa shape index (κ2) is 8.45. The quantitative estimate of drug-likeness (QED) is 0.348. The van der Waals surface area contributed by atoms with Crippen molar-refractivity contribution in [2.45, 2.75) is 13.5 Å². The summed E-state index contributed by atoms with van der Waals surface area (Å²) in [5, 5.41) is 17.1. The summed E-state index contributed by atoms with van der Waals surface area (Å²) in [5.74, 6) is 0.828. The van der Waals surface area contributed by atoms with E-state index in [4.69, 9.17) is 13.7 Å². The highest BCUT2D eigenvalue weighted by molar-refractivity contribution is 6.03. The molecule has 0 unspecified atom stereocenters. The maximum Gasteiger partial charge on any atom is 0.280 e. The average Bonchev–Trinajstić information content (AvgIpc) is 3.43. The molecule has 1 amide bonds. The van der Waals surface area contributed by atoms with Gasteiger partial charge in [0, 0.05) is 18.3 Å². The van der Waals surface area contributed by atoms with Gasteiger partial charge in [0.2, 0.25) is 5.95 Å². The summed E-state index contributed by atoms with van der Waals surface area (Å²) in [4.78, 5) is 31.2. The minimum Gasteiger partial charge on any atom is -0.489 e. The lowest BCUT2D eigenvalue weighted by Crippen LogP contribution is -2.17. The summed E-state index contributed by atoms with van der Waals surface area (Å²) in [5.41, 5.74) is 0.906. The highest BCUT2D eigenvalue weighted by Gasteiger charge is 2.21. The zero-order chi connectivity index (χ0) is 21.8. The number of hydrogen-bond donors (Lipinski definition) is 1. The Labute approximate surface area is 174 Å². The van der Waals surface area contributed by atoms with Crippen molar-refractivity contribution in [2.75, 3.05) is 5.32 Å². The Balaban J connectivity index is 1.47. The standard InChI is InChI=1S/C20H15N5O6/c1-12-15(11-30-14-6-4-13(5-7-14)25(27)28)18(24-31-12)19(26)23-20-21-9-8-16(22-20)17-3-2-10-29-17/h2-10H,11H2,1H3,(H,21,22,23,26). The van der Waals surface area contributed by atoms with Crippen LogP contribution >= 0.6 is 0 Å². The van der Waals surface area contributed by atoms with E-state index in [1.165, 1.54) is 36.7 Å². The number of nitrogens with zero attached hydrogens (tertiary/aromatic N) is 4. The molecule has 1 aromatic carbocycles. The topological polar surface area (TPSA) is 146 Å². The molecule has 11 nitrogen and oxygen atoms in total. The number of carbonyl (C=O) groups is 1. The van der Waals surface area contributed by atoms with Gasteiger partial charge in [0.05, 0.1) is 16.7 Å². The minimum atomic E-state index is -0.573. The first-order chi connectivity index (χ1) is 15.0. The highest BCUT2D eigenvalue weighted by atomic mass is 16.6. The molecule has 3 heterocycles. The first-order valence-electron chi connectivity index (χ1n) is 9.02. The molecule has 0 aliphatic rings. The van der Waals surface area contributed by atoms with Gasteiger partial charge in [-0.15, -0.1) is 0 Å². The third-order valence-electron chi connectivity index (χ3n) is 4.29. The van der Waals surface area contributed by atoms with E-state index < -0.39 is 10.8 Å². The summed E-state index contributed by atoms with van der Waals surface area (Å²) in [6.07, 6.45) is 3.01. The van der Waals surface area contributed by atoms with Crippen molar-refractivity contribution in [1.82, 2.24) is 15.1 Å². The van der Waals surface area contributed by atoms with Crippen LogP contribution in [0.2, 0.25) is 0 Å². The molecule has 1 N–H and O–H groups in total. The van der Waals surface area contributed by atoms with E-state index in [-0.39, 0.29) is 23.9 Å². The Kier molecular flexibility index (Phi) is 5.39. The Morgan fingerprint density at radius 1 is 1.23 bits per heavy atom. The number of carbonyl (C=O) groups excluding carboxylic acids is 1. The second-order valence-corrected chi connectivity index (χ2v) is 6.30. The normalized spacial score (nSPS) is 10.6. The zero-order valence-corrected chi connectivity index (χ0v) is 16.1. The van der Waals surface area contributed by atoms with E-state index in [9.17, 15) is 14.9 Å². The maximum absolute atomic E-state index is 12.7. The number of furan rings is 1. The van der Waals surface area contributed by atoms with Gasteiger partial charge in [0.15, 0.2) is 11.5 Å². The maximum atomic E-state index is 12.7. The molecule has 0 bridgehead atoms. The number of aryl methyl sites for hydroxylation is 1. The number of rotatable bonds is 7. The molecule has 0 atom stereocenters. The largest absolute Gasteiger partial charge is 0.489 e. The first kappa shape index (κ1) is 19.8. The molecule has 156 valence electrons. The number of hydrogen-bond acceptors (Lipinski definition) is 9. The number of non-ortho nitro benzene ring substituents is 1. The predicted molar refractivity (Wildman–Crippen MR) is 106 cm³/mol. The number of nitrogens with one attached hydrogen (secondary N) is 1. The number of nitro groups is 1. The molecule has 11 heteroatoms. The Morgan fingerprint density at radius 2 is 2.03 bits per heavy atom. The van der Waals surface area contributed by atoms with Crippen molar-refractivity contribution in [3.63, 3.8) is 0 Å². The molecule has 0 saturated carbocycles. The lowest BCUT2D eigenvalue weighted by Gasteiger charge is -2.07. The van der Waals surface area contributed by atoms with Gasteiger partial charge in [-0.25, -0.2) is 9.97 Å². The summed E-state index contributed by atoms with van der Waals surface area (Å²) in [6, 6.07) is 10.7. The Hall–Kier alpha value is -4.54. The highest BCUT2D eigenvalue weighted by Crippen LogP contribution is 2.22. The van der Waals surface area contributed by atoms with Gasteiger partial charge in [0.1, 0.15) is 23.8 Å². The van der Waals surface area contributed by atoms with E-state index in [1.807, 2.05) is 0 Å². The minimum absolute atomic E-state index is 0.0198. The molecular formula is C20H15N5O6. The molecule has 4 aromatic rings. The molecule has 0 aliphatic carbocycles. The molecule has 0 aliphatic heterocycles. The second-order valence-electron chi connectivity index (χ2n) is 6.30. The van der Waals surface area contributed by atoms with Gasteiger partial charge in [-0.05, 0) is 37.3 Å². The monoisotopic (exact) mass is 421 g/mol. The van der Waals surface area contributed by atoms with Crippen LogP contribution in [0, 0.1) is 17.0 Å². The molecule has 0 fully saturated rings. The lowest BCUT2D eigenvalue weighted by molar-refractivity contribution is -0.384. The van der Waals surface area contributed by atoms with Crippen LogP contribution in [-0.4, -0.2) is 26.0 Å². The van der Waals surface area contributed by atoms with Gasteiger partial charge in [0.25, 0.3) is 11.6 Å². The summed E-state index contributed by atoms with van der Waals surface area (Å²) < 4.78 is 16.1. The molecular weight excluding hydrogens is 406 g/mol. The van der Waals surface area contributed by atoms with Crippen LogP contribution < -0.4 is 10.1 Å². The first-order valence-corrected chi connectivity index (χ1v) is 9.02. The number of benzene rings is 1. The van der Waals surface area contributed by atoms with Gasteiger partial charge in [-0.3, -0.25) is 20.2 Å². The van der Waals surface area contributed by atoms with Crippen LogP contribution in [0.1, 0.15) is 21.8 Å². The van der Waals surface area contributed by atoms with Crippen LogP contribution in [0.5, 0.6) is 5.75 Å². The van der Waals surface area contributed by atoms with Crippen molar-refractivity contribution in [3.8, 4) is 17.2 Å². The zero-order valence-electron chi connectivity index (χ0n) is 16.1. The smallest absolute Gasteiger partial charge is 0.280 e. The van der Waals surface area contributed by atoms with Crippen molar-refractivity contribution in [1.29, 1.82) is 0 Å². The lowest BCUT2D eigenvalue weighted by atomic mass is 10.2. The van der Waals surface area contributed by atoms with Crippen LogP contribution in [0.15, 0.2) is 63.9 Å². The van der Waals surface area contributed by atoms with E-state index >= 15 is 0 Å². The third-order valence-corrected chi connectivity index (χ3v) is 4.29. The molecule has 0 radical (unpaired) electrons. The van der Waals surface area contributed by atoms with Crippen molar-refractivity contribution < 1.29 is 23.4 Å². The molecule has 31 heavy (non-hydrogen) atoms. The summed E-state index contributed by atoms with van der Waals surface area (Å²) in [7, 11) is 0. The van der Waals surface area contributed by atoms with Crippen molar-refractivity contribution in [3.05, 3.63) is 82.1 Å². The summed E-state index contributed by atoms with van der Waals surface area (Å²) in [6.45, 7) is 1.62. The molecule has 4 rings (SSSR count). The van der Waals surface area contributed by atoms with Crippen LogP contribution in [0.4, 0.5) is 11.6 Å². The van der Waals surface area contributed by atoms with E-state index in [0.717, 1.165) is 0 Å². The van der Waals surface area contributed by atoms with Gasteiger partial charge in [-0.2, -0.15) is 0 Å².